The molecule has 0 aromatic heterocycles. The Bertz CT molecular complexity index is 701. The molecule has 0 fully saturated rings. The van der Waals surface area contributed by atoms with Crippen molar-refractivity contribution in [2.75, 3.05) is 11.9 Å². The second kappa shape index (κ2) is 7.04. The normalized spacial score (nSPS) is 10.1. The lowest BCUT2D eigenvalue weighted by Crippen LogP contribution is -2.12. The van der Waals surface area contributed by atoms with Crippen LogP contribution in [-0.2, 0) is 4.79 Å². The van der Waals surface area contributed by atoms with Crippen molar-refractivity contribution in [2.24, 2.45) is 0 Å². The Morgan fingerprint density at radius 3 is 2.45 bits per heavy atom. The van der Waals surface area contributed by atoms with E-state index in [4.69, 9.17) is 16.3 Å². The number of carbonyl (C=O) groups is 2. The first-order valence-corrected chi connectivity index (χ1v) is 6.82. The molecule has 114 valence electrons. The molecule has 0 aliphatic rings. The number of Topliss-reactive ketones (excluding diaryl/α,β-unsaturated/α-hetero) is 1. The lowest BCUT2D eigenvalue weighted by Gasteiger charge is -2.08. The van der Waals surface area contributed by atoms with Gasteiger partial charge in [0.2, 0.25) is 5.91 Å². The molecule has 0 radical (unpaired) electrons. The summed E-state index contributed by atoms with van der Waals surface area (Å²) in [6.07, 6.45) is 0. The van der Waals surface area contributed by atoms with Crippen molar-refractivity contribution in [3.8, 4) is 5.75 Å². The SMILES string of the molecule is CC(=O)Nc1ccc(C(=O)COc2ccc(F)cc2Cl)cc1. The Labute approximate surface area is 131 Å². The number of nitrogens with one attached hydrogen (secondary N) is 1. The molecule has 4 nitrogen and oxygen atoms in total. The van der Waals surface area contributed by atoms with Crippen molar-refractivity contribution >= 4 is 29.0 Å². The van der Waals surface area contributed by atoms with Gasteiger partial charge in [-0.2, -0.15) is 0 Å². The molecule has 2 rings (SSSR count). The third-order valence-corrected chi connectivity index (χ3v) is 3.08. The summed E-state index contributed by atoms with van der Waals surface area (Å²) in [5.41, 5.74) is 1.04. The number of hydrogen-bond donors (Lipinski definition) is 1. The number of rotatable bonds is 5. The van der Waals surface area contributed by atoms with Crippen LogP contribution in [0.1, 0.15) is 17.3 Å². The Kier molecular flexibility index (Phi) is 5.12. The molecule has 0 aliphatic carbocycles. The van der Waals surface area contributed by atoms with E-state index in [1.54, 1.807) is 24.3 Å². The van der Waals surface area contributed by atoms with Crippen molar-refractivity contribution in [1.82, 2.24) is 0 Å². The highest BCUT2D eigenvalue weighted by Gasteiger charge is 2.09. The number of ether oxygens (including phenoxy) is 1. The fourth-order valence-corrected chi connectivity index (χ4v) is 1.98. The molecular weight excluding hydrogens is 309 g/mol. The quantitative estimate of drug-likeness (QED) is 0.854. The maximum Gasteiger partial charge on any atom is 0.221 e. The highest BCUT2D eigenvalue weighted by Crippen LogP contribution is 2.25. The van der Waals surface area contributed by atoms with Gasteiger partial charge in [-0.1, -0.05) is 11.6 Å². The number of halogens is 2. The third kappa shape index (κ3) is 4.30. The minimum absolute atomic E-state index is 0.105. The first kappa shape index (κ1) is 16.0. The van der Waals surface area contributed by atoms with Crippen LogP contribution in [0.15, 0.2) is 42.5 Å². The largest absolute Gasteiger partial charge is 0.484 e. The van der Waals surface area contributed by atoms with Gasteiger partial charge in [0.1, 0.15) is 11.6 Å². The zero-order valence-corrected chi connectivity index (χ0v) is 12.5. The summed E-state index contributed by atoms with van der Waals surface area (Å²) in [6.45, 7) is 1.18. The van der Waals surface area contributed by atoms with Crippen LogP contribution >= 0.6 is 11.6 Å². The smallest absolute Gasteiger partial charge is 0.221 e. The Balaban J connectivity index is 1.98. The van der Waals surface area contributed by atoms with Crippen molar-refractivity contribution in [1.29, 1.82) is 0 Å². The number of amides is 1. The van der Waals surface area contributed by atoms with Crippen LogP contribution < -0.4 is 10.1 Å². The highest BCUT2D eigenvalue weighted by molar-refractivity contribution is 6.32. The minimum atomic E-state index is -0.475. The van der Waals surface area contributed by atoms with Gasteiger partial charge < -0.3 is 10.1 Å². The number of ketones is 1. The molecule has 0 atom stereocenters. The summed E-state index contributed by atoms with van der Waals surface area (Å²) in [4.78, 5) is 22.9. The predicted octanol–water partition coefficient (Wildman–Crippen LogP) is 3.70. The van der Waals surface area contributed by atoms with Gasteiger partial charge in [0.15, 0.2) is 12.4 Å². The molecule has 0 aliphatic heterocycles. The van der Waals surface area contributed by atoms with Gasteiger partial charge in [-0.3, -0.25) is 9.59 Å². The van der Waals surface area contributed by atoms with E-state index in [0.29, 0.717) is 11.3 Å². The lowest BCUT2D eigenvalue weighted by molar-refractivity contribution is -0.114. The van der Waals surface area contributed by atoms with E-state index >= 15 is 0 Å². The molecule has 0 heterocycles. The molecule has 0 unspecified atom stereocenters. The number of anilines is 1. The fourth-order valence-electron chi connectivity index (χ4n) is 1.76. The molecule has 2 aromatic carbocycles. The zero-order chi connectivity index (χ0) is 16.1. The Morgan fingerprint density at radius 1 is 1.18 bits per heavy atom. The lowest BCUT2D eigenvalue weighted by atomic mass is 10.1. The van der Waals surface area contributed by atoms with E-state index in [2.05, 4.69) is 5.32 Å². The Hall–Kier alpha value is -2.40. The monoisotopic (exact) mass is 321 g/mol. The van der Waals surface area contributed by atoms with Gasteiger partial charge in [0, 0.05) is 18.2 Å². The number of carbonyl (C=O) groups excluding carboxylic acids is 2. The molecule has 0 saturated heterocycles. The molecule has 22 heavy (non-hydrogen) atoms. The zero-order valence-electron chi connectivity index (χ0n) is 11.7. The standard InChI is InChI=1S/C16H13ClFNO3/c1-10(20)19-13-5-2-11(3-6-13)15(21)9-22-16-7-4-12(18)8-14(16)17/h2-8H,9H2,1H3,(H,19,20). The van der Waals surface area contributed by atoms with Crippen LogP contribution in [0, 0.1) is 5.82 Å². The van der Waals surface area contributed by atoms with Gasteiger partial charge in [-0.25, -0.2) is 4.39 Å². The van der Waals surface area contributed by atoms with Crippen molar-refractivity contribution in [3.63, 3.8) is 0 Å². The van der Waals surface area contributed by atoms with E-state index in [1.165, 1.54) is 19.1 Å². The molecule has 1 N–H and O–H groups in total. The van der Waals surface area contributed by atoms with Crippen LogP contribution in [0.2, 0.25) is 5.02 Å². The van der Waals surface area contributed by atoms with E-state index in [1.807, 2.05) is 0 Å². The number of hydrogen-bond acceptors (Lipinski definition) is 3. The third-order valence-electron chi connectivity index (χ3n) is 2.78. The van der Waals surface area contributed by atoms with Gasteiger partial charge in [0.05, 0.1) is 5.02 Å². The second-order valence-corrected chi connectivity index (χ2v) is 4.95. The van der Waals surface area contributed by atoms with Crippen LogP contribution in [0.25, 0.3) is 0 Å². The molecule has 1 amide bonds. The summed E-state index contributed by atoms with van der Waals surface area (Å²) in [6, 6.07) is 10.1. The fraction of sp³-hybridized carbons (Fsp3) is 0.125. The average molecular weight is 322 g/mol. The van der Waals surface area contributed by atoms with E-state index < -0.39 is 5.82 Å². The van der Waals surface area contributed by atoms with Crippen molar-refractivity contribution in [2.45, 2.75) is 6.92 Å². The maximum absolute atomic E-state index is 12.9. The summed E-state index contributed by atoms with van der Waals surface area (Å²) in [7, 11) is 0. The summed E-state index contributed by atoms with van der Waals surface area (Å²) in [5, 5.41) is 2.71. The first-order chi connectivity index (χ1) is 10.5. The molecule has 0 saturated carbocycles. The second-order valence-electron chi connectivity index (χ2n) is 4.55. The van der Waals surface area contributed by atoms with Crippen LogP contribution in [-0.4, -0.2) is 18.3 Å². The molecule has 0 spiro atoms. The van der Waals surface area contributed by atoms with Gasteiger partial charge in [-0.15, -0.1) is 0 Å². The van der Waals surface area contributed by atoms with Gasteiger partial charge in [0.25, 0.3) is 0 Å². The average Bonchev–Trinajstić information content (AvgIpc) is 2.46. The molecule has 2 aromatic rings. The molecular formula is C16H13ClFNO3. The van der Waals surface area contributed by atoms with Gasteiger partial charge in [-0.05, 0) is 42.5 Å². The molecule has 0 bridgehead atoms. The summed E-state index contributed by atoms with van der Waals surface area (Å²) in [5.74, 6) is -0.674. The maximum atomic E-state index is 12.9. The van der Waals surface area contributed by atoms with Crippen LogP contribution in [0.3, 0.4) is 0 Å². The Morgan fingerprint density at radius 2 is 1.86 bits per heavy atom. The van der Waals surface area contributed by atoms with Crippen molar-refractivity contribution in [3.05, 3.63) is 58.9 Å². The van der Waals surface area contributed by atoms with E-state index in [9.17, 15) is 14.0 Å². The summed E-state index contributed by atoms with van der Waals surface area (Å²) < 4.78 is 18.2. The topological polar surface area (TPSA) is 55.4 Å². The summed E-state index contributed by atoms with van der Waals surface area (Å²) >= 11 is 5.81. The predicted molar refractivity (Wildman–Crippen MR) is 82.0 cm³/mol. The molecule has 6 heteroatoms. The van der Waals surface area contributed by atoms with E-state index in [-0.39, 0.29) is 29.1 Å². The minimum Gasteiger partial charge on any atom is -0.484 e. The van der Waals surface area contributed by atoms with E-state index in [0.717, 1.165) is 6.07 Å². The van der Waals surface area contributed by atoms with Crippen molar-refractivity contribution < 1.29 is 18.7 Å². The first-order valence-electron chi connectivity index (χ1n) is 6.44. The van der Waals surface area contributed by atoms with Crippen LogP contribution in [0.4, 0.5) is 10.1 Å². The highest BCUT2D eigenvalue weighted by atomic mass is 35.5. The van der Waals surface area contributed by atoms with Crippen LogP contribution in [0.5, 0.6) is 5.75 Å². The number of benzene rings is 2. The van der Waals surface area contributed by atoms with Gasteiger partial charge >= 0.3 is 0 Å².